The second kappa shape index (κ2) is 7.36. The van der Waals surface area contributed by atoms with E-state index in [-0.39, 0.29) is 12.7 Å². The summed E-state index contributed by atoms with van der Waals surface area (Å²) in [6.07, 6.45) is 1.85. The van der Waals surface area contributed by atoms with Crippen LogP contribution >= 0.6 is 11.8 Å². The van der Waals surface area contributed by atoms with Gasteiger partial charge in [0.05, 0.1) is 17.2 Å². The first-order valence-corrected chi connectivity index (χ1v) is 9.37. The Morgan fingerprint density at radius 2 is 1.96 bits per heavy atom. The molecule has 1 N–H and O–H groups in total. The maximum absolute atomic E-state index is 12.3. The monoisotopic (exact) mass is 382 g/mol. The van der Waals surface area contributed by atoms with E-state index < -0.39 is 0 Å². The van der Waals surface area contributed by atoms with Crippen LogP contribution in [0.5, 0.6) is 17.2 Å². The highest BCUT2D eigenvalue weighted by atomic mass is 32.2. The van der Waals surface area contributed by atoms with Crippen LogP contribution in [0.4, 0.5) is 5.69 Å². The van der Waals surface area contributed by atoms with E-state index in [1.54, 1.807) is 0 Å². The Labute approximate surface area is 161 Å². The summed E-state index contributed by atoms with van der Waals surface area (Å²) in [5.74, 6) is 2.06. The highest BCUT2D eigenvalue weighted by molar-refractivity contribution is 8.18. The molecule has 0 spiro atoms. The van der Waals surface area contributed by atoms with E-state index >= 15 is 0 Å². The molecule has 1 saturated heterocycles. The molecule has 2 aromatic rings. The van der Waals surface area contributed by atoms with Gasteiger partial charge in [0.25, 0.3) is 5.91 Å². The van der Waals surface area contributed by atoms with Crippen LogP contribution in [0.15, 0.2) is 46.3 Å². The first kappa shape index (κ1) is 17.5. The van der Waals surface area contributed by atoms with Crippen LogP contribution in [-0.4, -0.2) is 24.5 Å². The summed E-state index contributed by atoms with van der Waals surface area (Å²) in [6, 6.07) is 11.2. The van der Waals surface area contributed by atoms with Crippen molar-refractivity contribution in [2.75, 3.05) is 13.4 Å². The van der Waals surface area contributed by atoms with Gasteiger partial charge in [-0.25, -0.2) is 4.99 Å². The van der Waals surface area contributed by atoms with E-state index in [0.717, 1.165) is 28.3 Å². The number of hydrogen-bond acceptors (Lipinski definition) is 6. The van der Waals surface area contributed by atoms with Crippen molar-refractivity contribution in [3.63, 3.8) is 0 Å². The molecular weight excluding hydrogens is 364 g/mol. The Morgan fingerprint density at radius 1 is 1.22 bits per heavy atom. The standard InChI is InChI=1S/C20H18N2O4S/c1-3-24-15-6-4-14(5-7-15)21-20-22-19(23)18(27-20)10-13-9-17-16(8-12(13)2)25-11-26-17/h4-10H,3,11H2,1-2H3,(H,21,22,23)/b18-10+. The number of nitrogens with one attached hydrogen (secondary N) is 1. The fourth-order valence-electron chi connectivity index (χ4n) is 2.74. The zero-order chi connectivity index (χ0) is 18.8. The normalized spacial score (nSPS) is 18.2. The molecule has 0 aromatic heterocycles. The van der Waals surface area contributed by atoms with Crippen LogP contribution in [0.3, 0.4) is 0 Å². The minimum Gasteiger partial charge on any atom is -0.494 e. The SMILES string of the molecule is CCOc1ccc(N=C2NC(=O)/C(=C\c3cc4c(cc3C)OCO4)S2)cc1. The van der Waals surface area contributed by atoms with E-state index in [4.69, 9.17) is 14.2 Å². The predicted octanol–water partition coefficient (Wildman–Crippen LogP) is 4.01. The summed E-state index contributed by atoms with van der Waals surface area (Å²) in [7, 11) is 0. The van der Waals surface area contributed by atoms with Crippen LogP contribution in [0, 0.1) is 6.92 Å². The van der Waals surface area contributed by atoms with Crippen LogP contribution in [0.1, 0.15) is 18.1 Å². The van der Waals surface area contributed by atoms with Crippen molar-refractivity contribution in [1.29, 1.82) is 0 Å². The number of aliphatic imine (C=N–C) groups is 1. The van der Waals surface area contributed by atoms with Crippen molar-refractivity contribution in [3.8, 4) is 17.2 Å². The summed E-state index contributed by atoms with van der Waals surface area (Å²) < 4.78 is 16.2. The molecule has 6 nitrogen and oxygen atoms in total. The zero-order valence-corrected chi connectivity index (χ0v) is 15.8. The first-order valence-electron chi connectivity index (χ1n) is 8.55. The van der Waals surface area contributed by atoms with E-state index in [1.165, 1.54) is 11.8 Å². The molecule has 2 aromatic carbocycles. The summed E-state index contributed by atoms with van der Waals surface area (Å²) in [5, 5.41) is 3.35. The maximum Gasteiger partial charge on any atom is 0.264 e. The van der Waals surface area contributed by atoms with E-state index in [2.05, 4.69) is 10.3 Å². The predicted molar refractivity (Wildman–Crippen MR) is 106 cm³/mol. The number of rotatable bonds is 4. The first-order chi connectivity index (χ1) is 13.1. The Balaban J connectivity index is 1.54. The molecule has 0 aliphatic carbocycles. The van der Waals surface area contributed by atoms with Gasteiger partial charge in [0.2, 0.25) is 6.79 Å². The third kappa shape index (κ3) is 3.78. The summed E-state index contributed by atoms with van der Waals surface area (Å²) in [4.78, 5) is 17.4. The number of carbonyl (C=O) groups excluding carboxylic acids is 1. The molecule has 1 fully saturated rings. The maximum atomic E-state index is 12.3. The van der Waals surface area contributed by atoms with Crippen molar-refractivity contribution in [1.82, 2.24) is 5.32 Å². The fourth-order valence-corrected chi connectivity index (χ4v) is 3.57. The number of ether oxygens (including phenoxy) is 3. The molecule has 0 unspecified atom stereocenters. The van der Waals surface area contributed by atoms with E-state index in [1.807, 2.05) is 56.3 Å². The minimum absolute atomic E-state index is 0.165. The number of amides is 1. The van der Waals surface area contributed by atoms with Gasteiger partial charge in [-0.3, -0.25) is 4.79 Å². The van der Waals surface area contributed by atoms with E-state index in [0.29, 0.717) is 22.4 Å². The fraction of sp³-hybridized carbons (Fsp3) is 0.200. The van der Waals surface area contributed by atoms with Gasteiger partial charge in [-0.1, -0.05) is 0 Å². The number of thioether (sulfide) groups is 1. The van der Waals surface area contributed by atoms with Gasteiger partial charge in [0.1, 0.15) is 5.75 Å². The Morgan fingerprint density at radius 3 is 2.70 bits per heavy atom. The number of benzene rings is 2. The van der Waals surface area contributed by atoms with Crippen LogP contribution in [0.2, 0.25) is 0 Å². The molecule has 2 heterocycles. The van der Waals surface area contributed by atoms with Gasteiger partial charge in [-0.15, -0.1) is 0 Å². The second-order valence-corrected chi connectivity index (χ2v) is 7.00. The number of amidine groups is 1. The zero-order valence-electron chi connectivity index (χ0n) is 14.9. The van der Waals surface area contributed by atoms with Crippen molar-refractivity contribution < 1.29 is 19.0 Å². The highest BCUT2D eigenvalue weighted by Crippen LogP contribution is 2.36. The van der Waals surface area contributed by atoms with Crippen molar-refractivity contribution >= 4 is 34.6 Å². The summed E-state index contributed by atoms with van der Waals surface area (Å²) >= 11 is 1.31. The lowest BCUT2D eigenvalue weighted by Crippen LogP contribution is -2.19. The molecule has 0 radical (unpaired) electrons. The molecule has 0 bridgehead atoms. The molecule has 0 saturated carbocycles. The largest absolute Gasteiger partial charge is 0.494 e. The third-order valence-corrected chi connectivity index (χ3v) is 4.99. The molecule has 2 aliphatic rings. The molecular formula is C20H18N2O4S. The molecule has 0 atom stereocenters. The van der Waals surface area contributed by atoms with Crippen molar-refractivity contribution in [2.45, 2.75) is 13.8 Å². The molecule has 1 amide bonds. The smallest absolute Gasteiger partial charge is 0.264 e. The lowest BCUT2D eigenvalue weighted by atomic mass is 10.1. The number of carbonyl (C=O) groups is 1. The van der Waals surface area contributed by atoms with Crippen LogP contribution in [0.25, 0.3) is 6.08 Å². The topological polar surface area (TPSA) is 69.2 Å². The molecule has 7 heteroatoms. The van der Waals surface area contributed by atoms with Gasteiger partial charge >= 0.3 is 0 Å². The molecule has 138 valence electrons. The third-order valence-electron chi connectivity index (χ3n) is 4.08. The van der Waals surface area contributed by atoms with Crippen LogP contribution < -0.4 is 19.5 Å². The number of hydrogen-bond donors (Lipinski definition) is 1. The van der Waals surface area contributed by atoms with Gasteiger partial charge < -0.3 is 19.5 Å². The van der Waals surface area contributed by atoms with Crippen molar-refractivity contribution in [3.05, 3.63) is 52.4 Å². The Bertz CT molecular complexity index is 951. The second-order valence-electron chi connectivity index (χ2n) is 5.97. The molecule has 2 aliphatic heterocycles. The Kier molecular flexibility index (Phi) is 4.77. The number of fused-ring (bicyclic) bond motifs is 1. The summed E-state index contributed by atoms with van der Waals surface area (Å²) in [6.45, 7) is 4.76. The Hall–Kier alpha value is -2.93. The lowest BCUT2D eigenvalue weighted by molar-refractivity contribution is -0.115. The van der Waals surface area contributed by atoms with Crippen LogP contribution in [-0.2, 0) is 4.79 Å². The molecule has 4 rings (SSSR count). The quantitative estimate of drug-likeness (QED) is 0.809. The lowest BCUT2D eigenvalue weighted by Gasteiger charge is -2.03. The average molecular weight is 382 g/mol. The average Bonchev–Trinajstić information content (AvgIpc) is 3.23. The summed E-state index contributed by atoms with van der Waals surface area (Å²) in [5.41, 5.74) is 2.68. The van der Waals surface area contributed by atoms with Gasteiger partial charge in [0, 0.05) is 0 Å². The van der Waals surface area contributed by atoms with Crippen molar-refractivity contribution in [2.24, 2.45) is 4.99 Å². The number of nitrogens with zero attached hydrogens (tertiary/aromatic N) is 1. The minimum atomic E-state index is -0.165. The van der Waals surface area contributed by atoms with Gasteiger partial charge in [0.15, 0.2) is 16.7 Å². The highest BCUT2D eigenvalue weighted by Gasteiger charge is 2.24. The molecule has 27 heavy (non-hydrogen) atoms. The van der Waals surface area contributed by atoms with Gasteiger partial charge in [-0.2, -0.15) is 0 Å². The van der Waals surface area contributed by atoms with Gasteiger partial charge in [-0.05, 0) is 79.2 Å². The van der Waals surface area contributed by atoms with E-state index in [9.17, 15) is 4.79 Å². The number of aryl methyl sites for hydroxylation is 1.